The van der Waals surface area contributed by atoms with Crippen LogP contribution < -0.4 is 14.0 Å². The van der Waals surface area contributed by atoms with Crippen LogP contribution in [0.2, 0.25) is 0 Å². The first-order chi connectivity index (χ1) is 6.79. The number of hydrogen-bond acceptors (Lipinski definition) is 4. The monoisotopic (exact) mass is 251 g/mol. The Morgan fingerprint density at radius 2 is 1.53 bits per heavy atom. The smallest absolute Gasteiger partial charge is 0.270 e. The Bertz CT molecular complexity index is 523. The van der Waals surface area contributed by atoms with Crippen LogP contribution in [0, 0.1) is 0 Å². The third-order valence-electron chi connectivity index (χ3n) is 1.25. The summed E-state index contributed by atoms with van der Waals surface area (Å²) in [6.45, 7) is 0. The quantitative estimate of drug-likeness (QED) is 0.645. The summed E-state index contributed by atoms with van der Waals surface area (Å²) in [5, 5.41) is 4.52. The van der Waals surface area contributed by atoms with E-state index in [4.69, 9.17) is 0 Å². The fourth-order valence-electron chi connectivity index (χ4n) is 0.835. The first-order valence-corrected chi connectivity index (χ1v) is 6.70. The van der Waals surface area contributed by atoms with Crippen LogP contribution in [0.15, 0.2) is 30.3 Å². The van der Waals surface area contributed by atoms with E-state index in [-0.39, 0.29) is 5.69 Å². The fraction of sp³-hybridized carbons (Fsp3) is 0. The molecular weight excluding hydrogens is 242 g/mol. The van der Waals surface area contributed by atoms with Gasteiger partial charge in [0.15, 0.2) is 0 Å². The minimum atomic E-state index is -4.30. The van der Waals surface area contributed by atoms with Gasteiger partial charge in [-0.1, -0.05) is 22.3 Å². The van der Waals surface area contributed by atoms with E-state index in [0.29, 0.717) is 0 Å². The normalized spacial score (nSPS) is 12.3. The zero-order valence-electron chi connectivity index (χ0n) is 7.41. The fourth-order valence-corrected chi connectivity index (χ4v) is 2.67. The van der Waals surface area contributed by atoms with E-state index in [1.54, 1.807) is 18.2 Å². The van der Waals surface area contributed by atoms with Gasteiger partial charge >= 0.3 is 10.2 Å². The SMILES string of the molecule is NS(=O)(=O)NS(=O)(=O)Nc1ccccc1. The number of hydrogen-bond donors (Lipinski definition) is 3. The van der Waals surface area contributed by atoms with Crippen molar-refractivity contribution >= 4 is 26.1 Å². The zero-order chi connectivity index (χ0) is 11.5. The molecule has 0 atom stereocenters. The van der Waals surface area contributed by atoms with Crippen molar-refractivity contribution in [3.63, 3.8) is 0 Å². The van der Waals surface area contributed by atoms with Crippen molar-refractivity contribution in [1.29, 1.82) is 0 Å². The first-order valence-electron chi connectivity index (χ1n) is 3.68. The van der Waals surface area contributed by atoms with Crippen molar-refractivity contribution in [3.8, 4) is 0 Å². The van der Waals surface area contributed by atoms with Gasteiger partial charge in [0.1, 0.15) is 0 Å². The Morgan fingerprint density at radius 3 is 2.00 bits per heavy atom. The average molecular weight is 251 g/mol. The van der Waals surface area contributed by atoms with Crippen LogP contribution >= 0.6 is 0 Å². The molecule has 0 saturated heterocycles. The Morgan fingerprint density at radius 1 is 1.00 bits per heavy atom. The van der Waals surface area contributed by atoms with E-state index in [0.717, 1.165) is 0 Å². The summed E-state index contributed by atoms with van der Waals surface area (Å²) in [6.07, 6.45) is 0. The summed E-state index contributed by atoms with van der Waals surface area (Å²) >= 11 is 0. The van der Waals surface area contributed by atoms with Crippen LogP contribution in [0.5, 0.6) is 0 Å². The lowest BCUT2D eigenvalue weighted by atomic mass is 10.3. The summed E-state index contributed by atoms with van der Waals surface area (Å²) in [5.74, 6) is 0. The van der Waals surface area contributed by atoms with Gasteiger partial charge in [0.25, 0.3) is 10.2 Å². The van der Waals surface area contributed by atoms with Crippen molar-refractivity contribution < 1.29 is 16.8 Å². The minimum Gasteiger partial charge on any atom is -0.270 e. The summed E-state index contributed by atoms with van der Waals surface area (Å²) in [5.41, 5.74) is 0.230. The second-order valence-corrected chi connectivity index (χ2v) is 5.57. The number of para-hydroxylation sites is 1. The van der Waals surface area contributed by atoms with E-state index in [9.17, 15) is 16.8 Å². The summed E-state index contributed by atoms with van der Waals surface area (Å²) in [6, 6.07) is 7.79. The molecule has 0 aliphatic heterocycles. The molecule has 15 heavy (non-hydrogen) atoms. The predicted octanol–water partition coefficient (Wildman–Crippen LogP) is -0.864. The van der Waals surface area contributed by atoms with Gasteiger partial charge < -0.3 is 0 Å². The van der Waals surface area contributed by atoms with Crippen LogP contribution in [0.1, 0.15) is 0 Å². The highest BCUT2D eigenvalue weighted by Gasteiger charge is 2.15. The Balaban J connectivity index is 2.83. The molecule has 1 rings (SSSR count). The van der Waals surface area contributed by atoms with Gasteiger partial charge in [-0.3, -0.25) is 4.72 Å². The largest absolute Gasteiger partial charge is 0.313 e. The molecule has 0 aliphatic rings. The van der Waals surface area contributed by atoms with Gasteiger partial charge in [-0.15, -0.1) is 0 Å². The van der Waals surface area contributed by atoms with Gasteiger partial charge in [-0.05, 0) is 12.1 Å². The minimum absolute atomic E-state index is 0.230. The van der Waals surface area contributed by atoms with Crippen molar-refractivity contribution in [2.45, 2.75) is 0 Å². The van der Waals surface area contributed by atoms with E-state index < -0.39 is 20.4 Å². The zero-order valence-corrected chi connectivity index (χ0v) is 9.05. The molecule has 0 aromatic heterocycles. The molecule has 0 bridgehead atoms. The van der Waals surface area contributed by atoms with E-state index in [2.05, 4.69) is 5.14 Å². The molecule has 7 nitrogen and oxygen atoms in total. The number of nitrogens with one attached hydrogen (secondary N) is 2. The van der Waals surface area contributed by atoms with Gasteiger partial charge in [-0.2, -0.15) is 16.8 Å². The highest BCUT2D eigenvalue weighted by molar-refractivity contribution is 8.04. The highest BCUT2D eigenvalue weighted by Crippen LogP contribution is 2.06. The lowest BCUT2D eigenvalue weighted by Crippen LogP contribution is -2.39. The maximum Gasteiger partial charge on any atom is 0.313 e. The second kappa shape index (κ2) is 4.14. The van der Waals surface area contributed by atoms with Crippen LogP contribution in [0.3, 0.4) is 0 Å². The molecular formula is C6H9N3O4S2. The standard InChI is InChI=1S/C6H9N3O4S2/c7-14(10,11)9-15(12,13)8-6-4-2-1-3-5-6/h1-5,8-9H,(H2,7,10,11). The molecule has 0 heterocycles. The molecule has 0 spiro atoms. The Hall–Kier alpha value is -1.16. The summed E-state index contributed by atoms with van der Waals surface area (Å²) < 4.78 is 46.5. The number of rotatable bonds is 4. The summed E-state index contributed by atoms with van der Waals surface area (Å²) in [7, 11) is -8.51. The lowest BCUT2D eigenvalue weighted by Gasteiger charge is -2.06. The molecule has 1 aromatic carbocycles. The molecule has 0 fully saturated rings. The van der Waals surface area contributed by atoms with Crippen molar-refractivity contribution in [2.24, 2.45) is 5.14 Å². The number of benzene rings is 1. The number of anilines is 1. The molecule has 0 aliphatic carbocycles. The third kappa shape index (κ3) is 4.74. The summed E-state index contributed by atoms with van der Waals surface area (Å²) in [4.78, 5) is 0. The van der Waals surface area contributed by atoms with E-state index in [1.165, 1.54) is 16.3 Å². The molecule has 4 N–H and O–H groups in total. The maximum atomic E-state index is 11.1. The topological polar surface area (TPSA) is 118 Å². The van der Waals surface area contributed by atoms with Crippen molar-refractivity contribution in [3.05, 3.63) is 30.3 Å². The van der Waals surface area contributed by atoms with Gasteiger partial charge in [0, 0.05) is 5.69 Å². The third-order valence-corrected chi connectivity index (χ3v) is 3.56. The molecule has 0 amide bonds. The molecule has 84 valence electrons. The first kappa shape index (κ1) is 11.9. The average Bonchev–Trinajstić information content (AvgIpc) is 1.99. The Labute approximate surface area is 87.7 Å². The van der Waals surface area contributed by atoms with Crippen molar-refractivity contribution in [2.75, 3.05) is 4.72 Å². The van der Waals surface area contributed by atoms with Crippen LogP contribution in [-0.2, 0) is 20.4 Å². The van der Waals surface area contributed by atoms with Gasteiger partial charge in [0.05, 0.1) is 0 Å². The molecule has 0 saturated carbocycles. The highest BCUT2D eigenvalue weighted by atomic mass is 32.3. The molecule has 1 aromatic rings. The van der Waals surface area contributed by atoms with E-state index >= 15 is 0 Å². The van der Waals surface area contributed by atoms with Gasteiger partial charge in [0.2, 0.25) is 0 Å². The molecule has 0 unspecified atom stereocenters. The van der Waals surface area contributed by atoms with Crippen LogP contribution in [0.4, 0.5) is 5.69 Å². The molecule has 0 radical (unpaired) electrons. The second-order valence-electron chi connectivity index (χ2n) is 2.60. The van der Waals surface area contributed by atoms with Crippen LogP contribution in [0.25, 0.3) is 0 Å². The maximum absolute atomic E-state index is 11.1. The Kier molecular flexibility index (Phi) is 3.29. The molecule has 9 heteroatoms. The lowest BCUT2D eigenvalue weighted by molar-refractivity contribution is 0.581. The van der Waals surface area contributed by atoms with Gasteiger partial charge in [-0.25, -0.2) is 5.14 Å². The number of nitrogens with two attached hydrogens (primary N) is 1. The van der Waals surface area contributed by atoms with Crippen molar-refractivity contribution in [1.82, 2.24) is 4.13 Å². The van der Waals surface area contributed by atoms with Crippen LogP contribution in [-0.4, -0.2) is 16.8 Å². The predicted molar refractivity (Wildman–Crippen MR) is 55.2 cm³/mol. The van der Waals surface area contributed by atoms with E-state index in [1.807, 2.05) is 4.72 Å².